The molecule has 2 N–H and O–H groups in total. The molecule has 33 heavy (non-hydrogen) atoms. The lowest BCUT2D eigenvalue weighted by atomic mass is 9.99. The van der Waals surface area contributed by atoms with Crippen molar-refractivity contribution in [2.24, 2.45) is 5.41 Å². The summed E-state index contributed by atoms with van der Waals surface area (Å²) in [6, 6.07) is 20.4. The zero-order valence-electron chi connectivity index (χ0n) is 19.6. The lowest BCUT2D eigenvalue weighted by Crippen LogP contribution is -2.35. The summed E-state index contributed by atoms with van der Waals surface area (Å²) in [5, 5.41) is 5.17. The fraction of sp³-hybridized carbons (Fsp3) is 0.320. The molecular weight excluding hydrogens is 439 g/mol. The molecular formula is C25H31N2O5P. The number of esters is 1. The highest BCUT2D eigenvalue weighted by Crippen LogP contribution is 2.40. The smallest absolute Gasteiger partial charge is 0.382 e. The Bertz CT molecular complexity index is 1050. The Hall–Kier alpha value is -2.86. The van der Waals surface area contributed by atoms with Crippen LogP contribution in [0.1, 0.15) is 27.7 Å². The van der Waals surface area contributed by atoms with Gasteiger partial charge < -0.3 is 13.8 Å². The molecule has 0 saturated carbocycles. The number of nitrogens with one attached hydrogen (secondary N) is 2. The Morgan fingerprint density at radius 2 is 1.67 bits per heavy atom. The van der Waals surface area contributed by atoms with Crippen LogP contribution in [-0.4, -0.2) is 25.7 Å². The van der Waals surface area contributed by atoms with E-state index in [1.165, 1.54) is 0 Å². The molecule has 0 aliphatic heterocycles. The molecule has 0 radical (unpaired) electrons. The van der Waals surface area contributed by atoms with Gasteiger partial charge in [0.05, 0.1) is 19.4 Å². The number of rotatable bonds is 10. The van der Waals surface area contributed by atoms with Gasteiger partial charge >= 0.3 is 14.5 Å². The SMILES string of the molecule is CONc1ccc(OP(NC(C)C(=O)OCC(C)(C)C)Oc2cccc3ccccc23)cc1. The van der Waals surface area contributed by atoms with E-state index in [0.717, 1.165) is 16.5 Å². The average Bonchev–Trinajstić information content (AvgIpc) is 2.78. The maximum Gasteiger partial charge on any atom is 0.382 e. The first-order chi connectivity index (χ1) is 15.7. The molecule has 0 bridgehead atoms. The number of anilines is 1. The zero-order chi connectivity index (χ0) is 23.8. The van der Waals surface area contributed by atoms with Gasteiger partial charge in [-0.25, -0.2) is 5.09 Å². The van der Waals surface area contributed by atoms with Crippen molar-refractivity contribution < 1.29 is 23.4 Å². The average molecular weight is 471 g/mol. The van der Waals surface area contributed by atoms with Crippen molar-refractivity contribution in [1.29, 1.82) is 0 Å². The van der Waals surface area contributed by atoms with E-state index in [9.17, 15) is 4.79 Å². The van der Waals surface area contributed by atoms with Crippen molar-refractivity contribution >= 4 is 31.0 Å². The first-order valence-electron chi connectivity index (χ1n) is 10.7. The maximum atomic E-state index is 12.6. The van der Waals surface area contributed by atoms with Gasteiger partial charge in [-0.15, -0.1) is 0 Å². The maximum absolute atomic E-state index is 12.6. The van der Waals surface area contributed by atoms with E-state index in [4.69, 9.17) is 18.6 Å². The van der Waals surface area contributed by atoms with E-state index in [1.807, 2.05) is 75.4 Å². The molecule has 0 amide bonds. The molecule has 0 spiro atoms. The van der Waals surface area contributed by atoms with E-state index in [1.54, 1.807) is 26.2 Å². The van der Waals surface area contributed by atoms with Crippen LogP contribution in [0.2, 0.25) is 0 Å². The minimum absolute atomic E-state index is 0.117. The molecule has 0 aliphatic carbocycles. The summed E-state index contributed by atoms with van der Waals surface area (Å²) in [5.74, 6) is 0.896. The van der Waals surface area contributed by atoms with Crippen LogP contribution >= 0.6 is 8.53 Å². The van der Waals surface area contributed by atoms with Crippen molar-refractivity contribution in [3.63, 3.8) is 0 Å². The number of carbonyl (C=O) groups excluding carboxylic acids is 1. The Morgan fingerprint density at radius 3 is 2.36 bits per heavy atom. The van der Waals surface area contributed by atoms with Crippen LogP contribution in [0, 0.1) is 5.41 Å². The van der Waals surface area contributed by atoms with E-state index in [2.05, 4.69) is 10.6 Å². The largest absolute Gasteiger partial charge is 0.464 e. The summed E-state index contributed by atoms with van der Waals surface area (Å²) in [4.78, 5) is 17.5. The van der Waals surface area contributed by atoms with Crippen molar-refractivity contribution in [1.82, 2.24) is 5.09 Å². The molecule has 0 aliphatic rings. The molecule has 8 heteroatoms. The van der Waals surface area contributed by atoms with Gasteiger partial charge in [0.1, 0.15) is 17.5 Å². The molecule has 3 aromatic carbocycles. The lowest BCUT2D eigenvalue weighted by Gasteiger charge is -2.24. The predicted octanol–water partition coefficient (Wildman–Crippen LogP) is 6.07. The first-order valence-corrected chi connectivity index (χ1v) is 11.9. The second-order valence-corrected chi connectivity index (χ2v) is 9.90. The molecule has 7 nitrogen and oxygen atoms in total. The highest BCUT2D eigenvalue weighted by molar-refractivity contribution is 7.45. The Kier molecular flexibility index (Phi) is 8.50. The van der Waals surface area contributed by atoms with E-state index in [-0.39, 0.29) is 11.4 Å². The third-order valence-electron chi connectivity index (χ3n) is 4.49. The fourth-order valence-electron chi connectivity index (χ4n) is 2.86. The second-order valence-electron chi connectivity index (χ2n) is 8.77. The molecule has 0 saturated heterocycles. The van der Waals surface area contributed by atoms with Gasteiger partial charge in [-0.3, -0.25) is 15.1 Å². The lowest BCUT2D eigenvalue weighted by molar-refractivity contribution is -0.148. The van der Waals surface area contributed by atoms with Crippen molar-refractivity contribution in [2.45, 2.75) is 33.7 Å². The Balaban J connectivity index is 1.78. The summed E-state index contributed by atoms with van der Waals surface area (Å²) in [7, 11) is -0.170. The summed E-state index contributed by atoms with van der Waals surface area (Å²) in [5.41, 5.74) is 3.43. The molecule has 0 heterocycles. The minimum Gasteiger partial charge on any atom is -0.464 e. The van der Waals surface area contributed by atoms with Crippen LogP contribution in [0.4, 0.5) is 5.69 Å². The number of ether oxygens (including phenoxy) is 1. The third kappa shape index (κ3) is 7.60. The second kappa shape index (κ2) is 11.3. The number of hydrogen-bond donors (Lipinski definition) is 2. The van der Waals surface area contributed by atoms with Crippen LogP contribution in [0.3, 0.4) is 0 Å². The zero-order valence-corrected chi connectivity index (χ0v) is 20.5. The molecule has 0 aromatic heterocycles. The van der Waals surface area contributed by atoms with Gasteiger partial charge in [0, 0.05) is 5.39 Å². The van der Waals surface area contributed by atoms with Gasteiger partial charge in [0.15, 0.2) is 0 Å². The predicted molar refractivity (Wildman–Crippen MR) is 132 cm³/mol. The monoisotopic (exact) mass is 470 g/mol. The number of fused-ring (bicyclic) bond motifs is 1. The Labute approximate surface area is 196 Å². The normalized spacial score (nSPS) is 13.2. The van der Waals surface area contributed by atoms with E-state index >= 15 is 0 Å². The van der Waals surface area contributed by atoms with Crippen LogP contribution in [0.25, 0.3) is 10.8 Å². The van der Waals surface area contributed by atoms with Crippen LogP contribution < -0.4 is 19.6 Å². The topological polar surface area (TPSA) is 78.0 Å². The molecule has 3 rings (SSSR count). The Morgan fingerprint density at radius 1 is 0.970 bits per heavy atom. The number of carbonyl (C=O) groups is 1. The van der Waals surface area contributed by atoms with Crippen LogP contribution in [0.15, 0.2) is 66.7 Å². The van der Waals surface area contributed by atoms with Gasteiger partial charge in [0.25, 0.3) is 0 Å². The standard InChI is InChI=1S/C25H31N2O5P/c1-18(24(28)30-17-25(2,3)4)27-33(31-21-15-13-20(14-16-21)26-29-5)32-23-12-8-10-19-9-6-7-11-22(19)23/h6-16,18,26-27H,17H2,1-5H3. The third-order valence-corrected chi connectivity index (χ3v) is 5.83. The van der Waals surface area contributed by atoms with E-state index < -0.39 is 14.6 Å². The molecule has 0 fully saturated rings. The van der Waals surface area contributed by atoms with Gasteiger partial charge in [-0.2, -0.15) is 0 Å². The number of hydrogen-bond acceptors (Lipinski definition) is 7. The van der Waals surface area contributed by atoms with Gasteiger partial charge in [0.2, 0.25) is 0 Å². The van der Waals surface area contributed by atoms with Gasteiger partial charge in [-0.1, -0.05) is 57.2 Å². The van der Waals surface area contributed by atoms with Crippen molar-refractivity contribution in [2.75, 3.05) is 19.2 Å². The first kappa shape index (κ1) is 24.8. The molecule has 176 valence electrons. The summed E-state index contributed by atoms with van der Waals surface area (Å²) < 4.78 is 17.8. The highest BCUT2D eigenvalue weighted by Gasteiger charge is 2.26. The number of benzene rings is 3. The quantitative estimate of drug-likeness (QED) is 0.212. The van der Waals surface area contributed by atoms with Crippen molar-refractivity contribution in [3.05, 3.63) is 66.7 Å². The van der Waals surface area contributed by atoms with Crippen LogP contribution in [0.5, 0.6) is 11.5 Å². The minimum atomic E-state index is -1.72. The van der Waals surface area contributed by atoms with Crippen molar-refractivity contribution in [3.8, 4) is 11.5 Å². The molecule has 2 atom stereocenters. The highest BCUT2D eigenvalue weighted by atomic mass is 31.2. The molecule has 2 unspecified atom stereocenters. The van der Waals surface area contributed by atoms with E-state index in [0.29, 0.717) is 18.1 Å². The van der Waals surface area contributed by atoms with Gasteiger partial charge in [-0.05, 0) is 48.1 Å². The van der Waals surface area contributed by atoms with Crippen LogP contribution in [-0.2, 0) is 14.4 Å². The summed E-state index contributed by atoms with van der Waals surface area (Å²) >= 11 is 0. The molecule has 3 aromatic rings. The fourth-order valence-corrected chi connectivity index (χ4v) is 4.07. The summed E-state index contributed by atoms with van der Waals surface area (Å²) in [6.07, 6.45) is 0. The summed E-state index contributed by atoms with van der Waals surface area (Å²) in [6.45, 7) is 8.11.